The normalized spacial score (nSPS) is 23.6. The summed E-state index contributed by atoms with van der Waals surface area (Å²) in [5.74, 6) is 3.01. The maximum Gasteiger partial charge on any atom is 0.330 e. The number of rotatable bonds is 4. The Morgan fingerprint density at radius 2 is 2.16 bits per heavy atom. The van der Waals surface area contributed by atoms with Gasteiger partial charge in [-0.25, -0.2) is 4.79 Å². The van der Waals surface area contributed by atoms with Crippen molar-refractivity contribution >= 4 is 29.4 Å². The van der Waals surface area contributed by atoms with Gasteiger partial charge < -0.3 is 14.8 Å². The number of nitrogens with zero attached hydrogens (tertiary/aromatic N) is 3. The molecule has 0 aromatic carbocycles. The topological polar surface area (TPSA) is 76.3 Å². The van der Waals surface area contributed by atoms with E-state index in [1.165, 1.54) is 11.6 Å². The standard InChI is InChI=1S/C16H24N4O3S2/c1-18-8-11(14(21)19(2)16(18)23)9-20(12-3-4-17-7-12)15(22)13-10-24-5-6-25-13/h8,12-13,17H,3-7,9-10H2,1-2H3/t12-,13-/m0/s1. The number of nitrogens with one attached hydrogen (secondary N) is 1. The molecule has 1 N–H and O–H groups in total. The zero-order valence-corrected chi connectivity index (χ0v) is 16.2. The molecule has 9 heteroatoms. The Morgan fingerprint density at radius 1 is 1.36 bits per heavy atom. The zero-order chi connectivity index (χ0) is 18.0. The highest BCUT2D eigenvalue weighted by Gasteiger charge is 2.33. The summed E-state index contributed by atoms with van der Waals surface area (Å²) in [6.45, 7) is 1.89. The average molecular weight is 385 g/mol. The van der Waals surface area contributed by atoms with Crippen LogP contribution in [0.5, 0.6) is 0 Å². The zero-order valence-electron chi connectivity index (χ0n) is 14.6. The average Bonchev–Trinajstić information content (AvgIpc) is 3.16. The van der Waals surface area contributed by atoms with Crippen LogP contribution in [0.1, 0.15) is 12.0 Å². The van der Waals surface area contributed by atoms with Crippen LogP contribution < -0.4 is 16.6 Å². The second-order valence-electron chi connectivity index (χ2n) is 6.46. The van der Waals surface area contributed by atoms with Crippen LogP contribution in [0.2, 0.25) is 0 Å². The summed E-state index contributed by atoms with van der Waals surface area (Å²) in [5, 5.41) is 3.25. The Morgan fingerprint density at radius 3 is 2.80 bits per heavy atom. The number of carbonyl (C=O) groups is 1. The second kappa shape index (κ2) is 8.01. The van der Waals surface area contributed by atoms with Gasteiger partial charge in [0.05, 0.1) is 17.4 Å². The molecule has 3 heterocycles. The third-order valence-electron chi connectivity index (χ3n) is 4.71. The SMILES string of the molecule is Cn1cc(CN(C(=O)[C@@H]2CSCCS2)[C@H]2CCNC2)c(=O)n(C)c1=O. The summed E-state index contributed by atoms with van der Waals surface area (Å²) in [4.78, 5) is 39.3. The van der Waals surface area contributed by atoms with Gasteiger partial charge >= 0.3 is 5.69 Å². The molecule has 2 atom stereocenters. The minimum Gasteiger partial charge on any atom is -0.333 e. The van der Waals surface area contributed by atoms with E-state index >= 15 is 0 Å². The Hall–Kier alpha value is -1.19. The molecule has 0 unspecified atom stereocenters. The largest absolute Gasteiger partial charge is 0.333 e. The van der Waals surface area contributed by atoms with Crippen LogP contribution in [0.4, 0.5) is 0 Å². The summed E-state index contributed by atoms with van der Waals surface area (Å²) in [7, 11) is 3.10. The monoisotopic (exact) mass is 384 g/mol. The molecule has 0 saturated carbocycles. The van der Waals surface area contributed by atoms with E-state index < -0.39 is 0 Å². The molecule has 3 rings (SSSR count). The van der Waals surface area contributed by atoms with Crippen molar-refractivity contribution in [2.75, 3.05) is 30.3 Å². The summed E-state index contributed by atoms with van der Waals surface area (Å²) < 4.78 is 2.51. The van der Waals surface area contributed by atoms with Crippen molar-refractivity contribution in [1.29, 1.82) is 0 Å². The maximum absolute atomic E-state index is 13.1. The van der Waals surface area contributed by atoms with Crippen LogP contribution >= 0.6 is 23.5 Å². The summed E-state index contributed by atoms with van der Waals surface area (Å²) in [6.07, 6.45) is 2.46. The minimum atomic E-state index is -0.353. The van der Waals surface area contributed by atoms with E-state index in [0.29, 0.717) is 5.56 Å². The first-order chi connectivity index (χ1) is 12.0. The van der Waals surface area contributed by atoms with Crippen molar-refractivity contribution in [2.45, 2.75) is 24.3 Å². The van der Waals surface area contributed by atoms with Gasteiger partial charge in [0.15, 0.2) is 0 Å². The Bertz CT molecular complexity index is 749. The maximum atomic E-state index is 13.1. The smallest absolute Gasteiger partial charge is 0.330 e. The highest BCUT2D eigenvalue weighted by Crippen LogP contribution is 2.27. The highest BCUT2D eigenvalue weighted by atomic mass is 32.2. The first-order valence-corrected chi connectivity index (χ1v) is 10.7. The molecule has 1 aromatic rings. The van der Waals surface area contributed by atoms with Crippen molar-refractivity contribution in [1.82, 2.24) is 19.4 Å². The van der Waals surface area contributed by atoms with Crippen LogP contribution in [0.3, 0.4) is 0 Å². The van der Waals surface area contributed by atoms with E-state index in [-0.39, 0.29) is 35.0 Å². The van der Waals surface area contributed by atoms with E-state index in [4.69, 9.17) is 0 Å². The Kier molecular flexibility index (Phi) is 5.96. The van der Waals surface area contributed by atoms with Gasteiger partial charge in [-0.1, -0.05) is 0 Å². The third-order valence-corrected chi connectivity index (χ3v) is 7.45. The van der Waals surface area contributed by atoms with Gasteiger partial charge in [0.2, 0.25) is 5.91 Å². The predicted molar refractivity (Wildman–Crippen MR) is 102 cm³/mol. The quantitative estimate of drug-likeness (QED) is 0.763. The molecule has 0 spiro atoms. The molecule has 2 aliphatic heterocycles. The van der Waals surface area contributed by atoms with Gasteiger partial charge in [-0.3, -0.25) is 14.2 Å². The molecule has 2 saturated heterocycles. The molecular formula is C16H24N4O3S2. The van der Waals surface area contributed by atoms with Gasteiger partial charge in [-0.2, -0.15) is 11.8 Å². The first kappa shape index (κ1) is 18.6. The van der Waals surface area contributed by atoms with E-state index in [2.05, 4.69) is 5.32 Å². The molecule has 0 bridgehead atoms. The van der Waals surface area contributed by atoms with Crippen molar-refractivity contribution in [3.63, 3.8) is 0 Å². The molecule has 1 amide bonds. The van der Waals surface area contributed by atoms with Crippen molar-refractivity contribution in [2.24, 2.45) is 14.1 Å². The number of hydrogen-bond donors (Lipinski definition) is 1. The summed E-state index contributed by atoms with van der Waals surface area (Å²) >= 11 is 3.52. The second-order valence-corrected chi connectivity index (χ2v) is 8.92. The van der Waals surface area contributed by atoms with E-state index in [9.17, 15) is 14.4 Å². The molecule has 0 aliphatic carbocycles. The van der Waals surface area contributed by atoms with Crippen LogP contribution in [0.25, 0.3) is 0 Å². The summed E-state index contributed by atoms with van der Waals surface area (Å²) in [6, 6.07) is 0.0990. The van der Waals surface area contributed by atoms with E-state index in [1.54, 1.807) is 25.0 Å². The fraction of sp³-hybridized carbons (Fsp3) is 0.688. The van der Waals surface area contributed by atoms with Crippen molar-refractivity contribution in [3.8, 4) is 0 Å². The van der Waals surface area contributed by atoms with Crippen molar-refractivity contribution in [3.05, 3.63) is 32.6 Å². The number of aryl methyl sites for hydroxylation is 1. The third kappa shape index (κ3) is 3.98. The number of amides is 1. The lowest BCUT2D eigenvalue weighted by molar-refractivity contribution is -0.132. The van der Waals surface area contributed by atoms with Gasteiger partial charge in [0.1, 0.15) is 0 Å². The number of hydrogen-bond acceptors (Lipinski definition) is 6. The summed E-state index contributed by atoms with van der Waals surface area (Å²) in [5.41, 5.74) is -0.191. The Balaban J connectivity index is 1.89. The van der Waals surface area contributed by atoms with Gasteiger partial charge in [0.25, 0.3) is 5.56 Å². The number of carbonyl (C=O) groups excluding carboxylic acids is 1. The molecule has 1 aromatic heterocycles. The van der Waals surface area contributed by atoms with E-state index in [0.717, 1.165) is 41.3 Å². The Labute approximate surface area is 155 Å². The molecule has 138 valence electrons. The van der Waals surface area contributed by atoms with Gasteiger partial charge in [0, 0.05) is 50.1 Å². The highest BCUT2D eigenvalue weighted by molar-refractivity contribution is 8.07. The number of aromatic nitrogens is 2. The fourth-order valence-corrected chi connectivity index (χ4v) is 5.90. The predicted octanol–water partition coefficient (Wildman–Crippen LogP) is -0.377. The molecule has 0 radical (unpaired) electrons. The van der Waals surface area contributed by atoms with Crippen LogP contribution in [-0.2, 0) is 25.4 Å². The first-order valence-electron chi connectivity index (χ1n) is 8.45. The van der Waals surface area contributed by atoms with Crippen molar-refractivity contribution < 1.29 is 4.79 Å². The van der Waals surface area contributed by atoms with Crippen LogP contribution in [-0.4, -0.2) is 61.6 Å². The van der Waals surface area contributed by atoms with E-state index in [1.807, 2.05) is 16.7 Å². The van der Waals surface area contributed by atoms with Crippen LogP contribution in [0.15, 0.2) is 15.8 Å². The number of thioether (sulfide) groups is 2. The molecule has 7 nitrogen and oxygen atoms in total. The fourth-order valence-electron chi connectivity index (χ4n) is 3.28. The van der Waals surface area contributed by atoms with Gasteiger partial charge in [-0.05, 0) is 13.0 Å². The lowest BCUT2D eigenvalue weighted by Crippen LogP contribution is -2.48. The molecular weight excluding hydrogens is 360 g/mol. The van der Waals surface area contributed by atoms with Gasteiger partial charge in [-0.15, -0.1) is 11.8 Å². The lowest BCUT2D eigenvalue weighted by Gasteiger charge is -2.33. The minimum absolute atomic E-state index is 0.0456. The molecule has 2 aliphatic rings. The van der Waals surface area contributed by atoms with Crippen LogP contribution in [0, 0.1) is 0 Å². The lowest BCUT2D eigenvalue weighted by atomic mass is 10.1. The molecule has 25 heavy (non-hydrogen) atoms. The molecule has 2 fully saturated rings.